The fourth-order valence-corrected chi connectivity index (χ4v) is 1.13. The molecule has 0 saturated carbocycles. The van der Waals surface area contributed by atoms with E-state index in [-0.39, 0.29) is 23.7 Å². The molecule has 1 rings (SSSR count). The van der Waals surface area contributed by atoms with Crippen LogP contribution in [0.5, 0.6) is 0 Å². The molecule has 0 spiro atoms. The number of halogens is 1. The smallest absolute Gasteiger partial charge is 0.231 e. The van der Waals surface area contributed by atoms with Crippen LogP contribution in [0.4, 0.5) is 10.1 Å². The third-order valence-corrected chi connectivity index (χ3v) is 2.50. The van der Waals surface area contributed by atoms with Crippen LogP contribution in [-0.2, 0) is 4.79 Å². The van der Waals surface area contributed by atoms with Gasteiger partial charge >= 0.3 is 0 Å². The average molecular weight is 235 g/mol. The Balaban J connectivity index is 3.02. The Labute approximate surface area is 99.2 Å². The largest absolute Gasteiger partial charge is 0.329 e. The summed E-state index contributed by atoms with van der Waals surface area (Å²) in [7, 11) is 0. The first-order valence-corrected chi connectivity index (χ1v) is 5.12. The molecule has 0 aromatic heterocycles. The van der Waals surface area contributed by atoms with Crippen molar-refractivity contribution in [3.8, 4) is 6.07 Å². The number of amides is 1. The highest BCUT2D eigenvalue weighted by molar-refractivity contribution is 5.96. The van der Waals surface area contributed by atoms with Crippen molar-refractivity contribution in [2.75, 3.05) is 11.9 Å². The van der Waals surface area contributed by atoms with Crippen molar-refractivity contribution < 1.29 is 9.18 Å². The lowest BCUT2D eigenvalue weighted by atomic mass is 9.92. The molecule has 1 aromatic rings. The summed E-state index contributed by atoms with van der Waals surface area (Å²) >= 11 is 0. The standard InChI is InChI=1S/C12H14FN3O/c1-12(2,7-15)11(17)16-10-5-3-4-9(13)8(10)6-14/h3-5H,7,15H2,1-2H3,(H,16,17). The lowest BCUT2D eigenvalue weighted by Gasteiger charge is -2.21. The van der Waals surface area contributed by atoms with Crippen LogP contribution in [0.25, 0.3) is 0 Å². The van der Waals surface area contributed by atoms with E-state index in [1.54, 1.807) is 19.9 Å². The van der Waals surface area contributed by atoms with Gasteiger partial charge in [0.2, 0.25) is 5.91 Å². The number of nitrogens with one attached hydrogen (secondary N) is 1. The van der Waals surface area contributed by atoms with E-state index in [0.717, 1.165) is 0 Å². The van der Waals surface area contributed by atoms with Gasteiger partial charge in [0.05, 0.1) is 11.1 Å². The van der Waals surface area contributed by atoms with Gasteiger partial charge in [0.1, 0.15) is 17.4 Å². The second kappa shape index (κ2) is 4.93. The summed E-state index contributed by atoms with van der Waals surface area (Å²) in [5.74, 6) is -1.00. The number of anilines is 1. The minimum atomic E-state index is -0.765. The molecular weight excluding hydrogens is 221 g/mol. The lowest BCUT2D eigenvalue weighted by Crippen LogP contribution is -2.37. The number of nitrogens with two attached hydrogens (primary N) is 1. The minimum absolute atomic E-state index is 0.163. The Morgan fingerprint density at radius 3 is 2.76 bits per heavy atom. The van der Waals surface area contributed by atoms with Crippen LogP contribution in [0.15, 0.2) is 18.2 Å². The topological polar surface area (TPSA) is 78.9 Å². The third-order valence-electron chi connectivity index (χ3n) is 2.50. The molecule has 90 valence electrons. The van der Waals surface area contributed by atoms with E-state index in [1.165, 1.54) is 18.2 Å². The van der Waals surface area contributed by atoms with Crippen molar-refractivity contribution in [3.05, 3.63) is 29.6 Å². The molecule has 0 unspecified atom stereocenters. The molecule has 0 radical (unpaired) electrons. The lowest BCUT2D eigenvalue weighted by molar-refractivity contribution is -0.123. The van der Waals surface area contributed by atoms with E-state index < -0.39 is 11.2 Å². The SMILES string of the molecule is CC(C)(CN)C(=O)Nc1cccc(F)c1C#N. The molecule has 0 aliphatic carbocycles. The van der Waals surface area contributed by atoms with Crippen molar-refractivity contribution in [2.24, 2.45) is 11.1 Å². The highest BCUT2D eigenvalue weighted by atomic mass is 19.1. The fraction of sp³-hybridized carbons (Fsp3) is 0.333. The fourth-order valence-electron chi connectivity index (χ4n) is 1.13. The van der Waals surface area contributed by atoms with Gasteiger partial charge in [-0.2, -0.15) is 5.26 Å². The van der Waals surface area contributed by atoms with E-state index >= 15 is 0 Å². The molecule has 0 fully saturated rings. The number of benzene rings is 1. The molecule has 1 aromatic carbocycles. The number of nitriles is 1. The molecule has 0 aliphatic heterocycles. The number of hydrogen-bond donors (Lipinski definition) is 2. The normalized spacial score (nSPS) is 10.8. The summed E-state index contributed by atoms with van der Waals surface area (Å²) in [6.07, 6.45) is 0. The zero-order valence-electron chi connectivity index (χ0n) is 9.75. The number of rotatable bonds is 3. The maximum atomic E-state index is 13.3. The Hall–Kier alpha value is -1.93. The van der Waals surface area contributed by atoms with Crippen molar-refractivity contribution in [3.63, 3.8) is 0 Å². The highest BCUT2D eigenvalue weighted by Crippen LogP contribution is 2.21. The maximum absolute atomic E-state index is 13.3. The van der Waals surface area contributed by atoms with Gasteiger partial charge in [0.15, 0.2) is 0 Å². The molecule has 4 nitrogen and oxygen atoms in total. The van der Waals surface area contributed by atoms with Crippen LogP contribution in [-0.4, -0.2) is 12.5 Å². The predicted octanol–water partition coefficient (Wildman–Crippen LogP) is 1.62. The maximum Gasteiger partial charge on any atom is 0.231 e. The van der Waals surface area contributed by atoms with Gasteiger partial charge in [-0.05, 0) is 26.0 Å². The van der Waals surface area contributed by atoms with Crippen molar-refractivity contribution in [1.29, 1.82) is 5.26 Å². The number of hydrogen-bond acceptors (Lipinski definition) is 3. The number of nitrogens with zero attached hydrogens (tertiary/aromatic N) is 1. The van der Waals surface area contributed by atoms with Crippen molar-refractivity contribution in [1.82, 2.24) is 0 Å². The van der Waals surface area contributed by atoms with Crippen molar-refractivity contribution in [2.45, 2.75) is 13.8 Å². The van der Waals surface area contributed by atoms with Crippen LogP contribution in [0.2, 0.25) is 0 Å². The zero-order chi connectivity index (χ0) is 13.1. The molecule has 1 amide bonds. The minimum Gasteiger partial charge on any atom is -0.329 e. The average Bonchev–Trinajstić information content (AvgIpc) is 2.29. The van der Waals surface area contributed by atoms with E-state index in [1.807, 2.05) is 0 Å². The Kier molecular flexibility index (Phi) is 3.81. The first-order valence-electron chi connectivity index (χ1n) is 5.12. The second-order valence-corrected chi connectivity index (χ2v) is 4.32. The summed E-state index contributed by atoms with van der Waals surface area (Å²) in [5.41, 5.74) is 4.69. The third kappa shape index (κ3) is 2.80. The van der Waals surface area contributed by atoms with Crippen LogP contribution >= 0.6 is 0 Å². The first-order chi connectivity index (χ1) is 7.92. The van der Waals surface area contributed by atoms with E-state index in [4.69, 9.17) is 11.0 Å². The molecule has 0 aliphatic rings. The van der Waals surface area contributed by atoms with Crippen molar-refractivity contribution >= 4 is 11.6 Å². The van der Waals surface area contributed by atoms with E-state index in [0.29, 0.717) is 0 Å². The van der Waals surface area contributed by atoms with Gasteiger partial charge in [-0.15, -0.1) is 0 Å². The molecule has 3 N–H and O–H groups in total. The van der Waals surface area contributed by atoms with Gasteiger partial charge in [-0.25, -0.2) is 4.39 Å². The molecule has 0 heterocycles. The summed E-state index contributed by atoms with van der Waals surface area (Å²) < 4.78 is 13.3. The van der Waals surface area contributed by atoms with Gasteiger partial charge < -0.3 is 11.1 Å². The quantitative estimate of drug-likeness (QED) is 0.835. The molecule has 0 saturated heterocycles. The second-order valence-electron chi connectivity index (χ2n) is 4.32. The Bertz CT molecular complexity index is 477. The number of carbonyl (C=O) groups excluding carboxylic acids is 1. The zero-order valence-corrected chi connectivity index (χ0v) is 9.75. The monoisotopic (exact) mass is 235 g/mol. The molecule has 17 heavy (non-hydrogen) atoms. The van der Waals surface area contributed by atoms with E-state index in [9.17, 15) is 9.18 Å². The number of carbonyl (C=O) groups is 1. The summed E-state index contributed by atoms with van der Waals surface area (Å²) in [5, 5.41) is 11.3. The van der Waals surface area contributed by atoms with Gasteiger partial charge in [-0.1, -0.05) is 6.07 Å². The Morgan fingerprint density at radius 2 is 2.24 bits per heavy atom. The molecule has 0 bridgehead atoms. The summed E-state index contributed by atoms with van der Waals surface area (Å²) in [6, 6.07) is 5.80. The molecule has 5 heteroatoms. The van der Waals surface area contributed by atoms with E-state index in [2.05, 4.69) is 5.32 Å². The van der Waals surface area contributed by atoms with Crippen LogP contribution < -0.4 is 11.1 Å². The van der Waals surface area contributed by atoms with Gasteiger partial charge in [0, 0.05) is 6.54 Å². The molecular formula is C12H14FN3O. The van der Waals surface area contributed by atoms with Gasteiger partial charge in [-0.3, -0.25) is 4.79 Å². The van der Waals surface area contributed by atoms with Crippen LogP contribution in [0.3, 0.4) is 0 Å². The highest BCUT2D eigenvalue weighted by Gasteiger charge is 2.26. The van der Waals surface area contributed by atoms with Gasteiger partial charge in [0.25, 0.3) is 0 Å². The summed E-state index contributed by atoms with van der Waals surface area (Å²) in [6.45, 7) is 3.51. The van der Waals surface area contributed by atoms with Crippen LogP contribution in [0.1, 0.15) is 19.4 Å². The molecule has 0 atom stereocenters. The van der Waals surface area contributed by atoms with Crippen LogP contribution in [0, 0.1) is 22.6 Å². The summed E-state index contributed by atoms with van der Waals surface area (Å²) in [4.78, 5) is 11.8. The first kappa shape index (κ1) is 13.1. The Morgan fingerprint density at radius 1 is 1.59 bits per heavy atom. The predicted molar refractivity (Wildman–Crippen MR) is 62.6 cm³/mol.